The molecule has 0 unspecified atom stereocenters. The van der Waals surface area contributed by atoms with Crippen LogP contribution in [0.5, 0.6) is 5.75 Å². The average molecular weight is 246 g/mol. The number of hydrogen-bond acceptors (Lipinski definition) is 3. The van der Waals surface area contributed by atoms with E-state index < -0.39 is 0 Å². The molecule has 2 aliphatic rings. The summed E-state index contributed by atoms with van der Waals surface area (Å²) < 4.78 is 5.37. The fraction of sp³-hybridized carbons (Fsp3) is 0.600. The molecule has 3 nitrogen and oxygen atoms in total. The summed E-state index contributed by atoms with van der Waals surface area (Å²) in [5.41, 5.74) is 2.88. The monoisotopic (exact) mass is 246 g/mol. The summed E-state index contributed by atoms with van der Waals surface area (Å²) >= 11 is 0. The number of hydrogen-bond donors (Lipinski definition) is 1. The molecule has 3 heteroatoms. The zero-order valence-corrected chi connectivity index (χ0v) is 11.3. The molecule has 2 aliphatic heterocycles. The van der Waals surface area contributed by atoms with Crippen molar-refractivity contribution < 1.29 is 4.74 Å². The van der Waals surface area contributed by atoms with Crippen molar-refractivity contribution in [2.75, 3.05) is 20.7 Å². The summed E-state index contributed by atoms with van der Waals surface area (Å²) in [5.74, 6) is 0.971. The first kappa shape index (κ1) is 12.0. The SMILES string of the molecule is CN[C@@H]1c2cc(OC)ccc2CN2CCCC[C@H]12. The Bertz CT molecular complexity index is 433. The Kier molecular flexibility index (Phi) is 3.27. The highest BCUT2D eigenvalue weighted by molar-refractivity contribution is 5.40. The zero-order valence-electron chi connectivity index (χ0n) is 11.3. The van der Waals surface area contributed by atoms with E-state index in [0.717, 1.165) is 12.3 Å². The summed E-state index contributed by atoms with van der Waals surface area (Å²) in [6.07, 6.45) is 4.01. The minimum Gasteiger partial charge on any atom is -0.497 e. The van der Waals surface area contributed by atoms with Gasteiger partial charge in [0.15, 0.2) is 0 Å². The maximum absolute atomic E-state index is 5.37. The molecule has 0 aromatic heterocycles. The van der Waals surface area contributed by atoms with E-state index in [1.807, 2.05) is 0 Å². The molecule has 0 amide bonds. The van der Waals surface area contributed by atoms with Gasteiger partial charge in [0.05, 0.1) is 7.11 Å². The first-order valence-corrected chi connectivity index (χ1v) is 6.91. The molecule has 0 bridgehead atoms. The zero-order chi connectivity index (χ0) is 12.5. The summed E-state index contributed by atoms with van der Waals surface area (Å²) in [7, 11) is 3.82. The molecule has 1 aromatic carbocycles. The molecule has 2 atom stereocenters. The number of nitrogens with zero attached hydrogens (tertiary/aromatic N) is 1. The van der Waals surface area contributed by atoms with Gasteiger partial charge in [0.1, 0.15) is 5.75 Å². The number of ether oxygens (including phenoxy) is 1. The Balaban J connectivity index is 1.99. The molecule has 3 rings (SSSR count). The van der Waals surface area contributed by atoms with Crippen LogP contribution < -0.4 is 10.1 Å². The molecular formula is C15H22N2O. The third-order valence-electron chi connectivity index (χ3n) is 4.42. The van der Waals surface area contributed by atoms with Crippen LogP contribution in [0.25, 0.3) is 0 Å². The van der Waals surface area contributed by atoms with Crippen molar-refractivity contribution >= 4 is 0 Å². The Morgan fingerprint density at radius 2 is 2.22 bits per heavy atom. The van der Waals surface area contributed by atoms with Crippen LogP contribution in [0.4, 0.5) is 0 Å². The van der Waals surface area contributed by atoms with E-state index in [1.54, 1.807) is 7.11 Å². The highest BCUT2D eigenvalue weighted by atomic mass is 16.5. The smallest absolute Gasteiger partial charge is 0.119 e. The molecular weight excluding hydrogens is 224 g/mol. The van der Waals surface area contributed by atoms with Gasteiger partial charge in [-0.25, -0.2) is 0 Å². The van der Waals surface area contributed by atoms with Gasteiger partial charge in [0.2, 0.25) is 0 Å². The first-order valence-electron chi connectivity index (χ1n) is 6.91. The van der Waals surface area contributed by atoms with Gasteiger partial charge < -0.3 is 10.1 Å². The van der Waals surface area contributed by atoms with Gasteiger partial charge >= 0.3 is 0 Å². The van der Waals surface area contributed by atoms with Crippen molar-refractivity contribution in [2.24, 2.45) is 0 Å². The van der Waals surface area contributed by atoms with E-state index in [9.17, 15) is 0 Å². The maximum atomic E-state index is 5.37. The van der Waals surface area contributed by atoms with Crippen molar-refractivity contribution in [3.05, 3.63) is 29.3 Å². The lowest BCUT2D eigenvalue weighted by molar-refractivity contribution is 0.0944. The topological polar surface area (TPSA) is 24.5 Å². The van der Waals surface area contributed by atoms with Crippen molar-refractivity contribution in [1.29, 1.82) is 0 Å². The minimum atomic E-state index is 0.448. The van der Waals surface area contributed by atoms with Crippen molar-refractivity contribution in [2.45, 2.75) is 37.9 Å². The number of likely N-dealkylation sites (N-methyl/N-ethyl adjacent to an activating group) is 1. The first-order chi connectivity index (χ1) is 8.83. The standard InChI is InChI=1S/C15H22N2O/c1-16-15-13-9-12(18-2)7-6-11(13)10-17-8-4-3-5-14(15)17/h6-7,9,14-16H,3-5,8,10H2,1-2H3/t14-,15-/m1/s1. The van der Waals surface area contributed by atoms with Crippen molar-refractivity contribution in [3.8, 4) is 5.75 Å². The lowest BCUT2D eigenvalue weighted by atomic mass is 9.84. The second-order valence-electron chi connectivity index (χ2n) is 5.36. The van der Waals surface area contributed by atoms with Gasteiger partial charge in [-0.2, -0.15) is 0 Å². The fourth-order valence-corrected chi connectivity index (χ4v) is 3.50. The van der Waals surface area contributed by atoms with E-state index in [-0.39, 0.29) is 0 Å². The third kappa shape index (κ3) is 1.91. The van der Waals surface area contributed by atoms with Crippen LogP contribution in [0, 0.1) is 0 Å². The van der Waals surface area contributed by atoms with Gasteiger partial charge in [-0.15, -0.1) is 0 Å². The maximum Gasteiger partial charge on any atom is 0.119 e. The third-order valence-corrected chi connectivity index (χ3v) is 4.42. The normalized spacial score (nSPS) is 27.4. The van der Waals surface area contributed by atoms with E-state index in [2.05, 4.69) is 35.5 Å². The summed E-state index contributed by atoms with van der Waals surface area (Å²) in [5, 5.41) is 3.51. The number of methoxy groups -OCH3 is 1. The number of piperidine rings is 1. The summed E-state index contributed by atoms with van der Waals surface area (Å²) in [6, 6.07) is 7.62. The predicted octanol–water partition coefficient (Wildman–Crippen LogP) is 2.32. The van der Waals surface area contributed by atoms with E-state index in [1.165, 1.54) is 36.9 Å². The summed E-state index contributed by atoms with van der Waals surface area (Å²) in [6.45, 7) is 2.34. The van der Waals surface area contributed by atoms with Crippen LogP contribution in [0.2, 0.25) is 0 Å². The quantitative estimate of drug-likeness (QED) is 0.866. The molecule has 18 heavy (non-hydrogen) atoms. The van der Waals surface area contributed by atoms with Gasteiger partial charge in [-0.05, 0) is 49.7 Å². The second-order valence-corrected chi connectivity index (χ2v) is 5.36. The largest absolute Gasteiger partial charge is 0.497 e. The average Bonchev–Trinajstić information content (AvgIpc) is 2.44. The molecule has 1 saturated heterocycles. The molecule has 0 saturated carbocycles. The second kappa shape index (κ2) is 4.90. The van der Waals surface area contributed by atoms with E-state index in [4.69, 9.17) is 4.74 Å². The summed E-state index contributed by atoms with van der Waals surface area (Å²) in [4.78, 5) is 2.64. The van der Waals surface area contributed by atoms with Crippen LogP contribution in [0.15, 0.2) is 18.2 Å². The Morgan fingerprint density at radius 3 is 3.00 bits per heavy atom. The number of benzene rings is 1. The molecule has 1 aromatic rings. The van der Waals surface area contributed by atoms with Crippen LogP contribution in [0.3, 0.4) is 0 Å². The van der Waals surface area contributed by atoms with Gasteiger partial charge in [0, 0.05) is 18.6 Å². The fourth-order valence-electron chi connectivity index (χ4n) is 3.50. The molecule has 98 valence electrons. The van der Waals surface area contributed by atoms with E-state index in [0.29, 0.717) is 12.1 Å². The number of nitrogens with one attached hydrogen (secondary N) is 1. The number of fused-ring (bicyclic) bond motifs is 2. The molecule has 1 N–H and O–H groups in total. The lowest BCUT2D eigenvalue weighted by Gasteiger charge is -2.45. The van der Waals surface area contributed by atoms with Gasteiger partial charge in [-0.3, -0.25) is 4.90 Å². The minimum absolute atomic E-state index is 0.448. The molecule has 0 aliphatic carbocycles. The Morgan fingerprint density at radius 1 is 1.33 bits per heavy atom. The predicted molar refractivity (Wildman–Crippen MR) is 72.8 cm³/mol. The Hall–Kier alpha value is -1.06. The van der Waals surface area contributed by atoms with Crippen LogP contribution in [0.1, 0.15) is 36.4 Å². The molecule has 1 fully saturated rings. The van der Waals surface area contributed by atoms with Crippen LogP contribution in [-0.2, 0) is 6.54 Å². The van der Waals surface area contributed by atoms with Crippen LogP contribution >= 0.6 is 0 Å². The molecule has 2 heterocycles. The molecule has 0 spiro atoms. The molecule has 0 radical (unpaired) electrons. The van der Waals surface area contributed by atoms with Crippen molar-refractivity contribution in [1.82, 2.24) is 10.2 Å². The number of rotatable bonds is 2. The highest BCUT2D eigenvalue weighted by Gasteiger charge is 2.35. The van der Waals surface area contributed by atoms with Crippen LogP contribution in [-0.4, -0.2) is 31.6 Å². The van der Waals surface area contributed by atoms with Gasteiger partial charge in [-0.1, -0.05) is 12.5 Å². The Labute approximate surface area is 109 Å². The highest BCUT2D eigenvalue weighted by Crippen LogP contribution is 2.37. The lowest BCUT2D eigenvalue weighted by Crippen LogP contribution is -2.49. The van der Waals surface area contributed by atoms with Gasteiger partial charge in [0.25, 0.3) is 0 Å². The van der Waals surface area contributed by atoms with E-state index >= 15 is 0 Å². The van der Waals surface area contributed by atoms with Crippen molar-refractivity contribution in [3.63, 3.8) is 0 Å².